The SMILES string of the molecule is CN=C(NCCN(C)CC(F)(F)F)N1CCN(Cc2ccc(OC)c(OC)c2)CC1. The first-order valence-corrected chi connectivity index (χ1v) is 9.90. The largest absolute Gasteiger partial charge is 0.493 e. The molecule has 1 saturated heterocycles. The Balaban J connectivity index is 1.78. The first kappa shape index (κ1) is 24.1. The zero-order valence-electron chi connectivity index (χ0n) is 18.1. The summed E-state index contributed by atoms with van der Waals surface area (Å²) in [5, 5.41) is 3.17. The lowest BCUT2D eigenvalue weighted by atomic mass is 10.1. The second kappa shape index (κ2) is 11.3. The Morgan fingerprint density at radius 1 is 1.13 bits per heavy atom. The molecule has 1 aliphatic heterocycles. The van der Waals surface area contributed by atoms with E-state index in [9.17, 15) is 13.2 Å². The molecule has 0 saturated carbocycles. The summed E-state index contributed by atoms with van der Waals surface area (Å²) >= 11 is 0. The van der Waals surface area contributed by atoms with Gasteiger partial charge in [0.15, 0.2) is 17.5 Å². The molecule has 0 amide bonds. The molecule has 170 valence electrons. The Bertz CT molecular complexity index is 692. The van der Waals surface area contributed by atoms with Crippen LogP contribution >= 0.6 is 0 Å². The van der Waals surface area contributed by atoms with Gasteiger partial charge in [-0.2, -0.15) is 13.2 Å². The third-order valence-electron chi connectivity index (χ3n) is 4.96. The topological polar surface area (TPSA) is 52.6 Å². The van der Waals surface area contributed by atoms with E-state index in [1.807, 2.05) is 18.2 Å². The maximum absolute atomic E-state index is 12.4. The Morgan fingerprint density at radius 2 is 1.80 bits per heavy atom. The number of ether oxygens (including phenoxy) is 2. The van der Waals surface area contributed by atoms with Crippen molar-refractivity contribution in [3.05, 3.63) is 23.8 Å². The number of alkyl halides is 3. The van der Waals surface area contributed by atoms with Crippen LogP contribution in [0.15, 0.2) is 23.2 Å². The number of hydrogen-bond donors (Lipinski definition) is 1. The second-order valence-electron chi connectivity index (χ2n) is 7.28. The number of nitrogens with one attached hydrogen (secondary N) is 1. The zero-order chi connectivity index (χ0) is 22.1. The van der Waals surface area contributed by atoms with Gasteiger partial charge >= 0.3 is 6.18 Å². The van der Waals surface area contributed by atoms with Gasteiger partial charge in [-0.3, -0.25) is 14.8 Å². The van der Waals surface area contributed by atoms with Crippen molar-refractivity contribution < 1.29 is 22.6 Å². The number of likely N-dealkylation sites (N-methyl/N-ethyl adjacent to an activating group) is 1. The van der Waals surface area contributed by atoms with Crippen LogP contribution in [0.25, 0.3) is 0 Å². The van der Waals surface area contributed by atoms with Gasteiger partial charge in [0.25, 0.3) is 0 Å². The summed E-state index contributed by atoms with van der Waals surface area (Å²) in [5.74, 6) is 2.15. The smallest absolute Gasteiger partial charge is 0.401 e. The third kappa shape index (κ3) is 7.56. The molecular weight excluding hydrogens is 399 g/mol. The molecule has 0 aromatic heterocycles. The molecule has 0 spiro atoms. The maximum atomic E-state index is 12.4. The van der Waals surface area contributed by atoms with E-state index in [1.54, 1.807) is 21.3 Å². The molecule has 1 aliphatic rings. The van der Waals surface area contributed by atoms with Gasteiger partial charge in [0.1, 0.15) is 0 Å². The Kier molecular flexibility index (Phi) is 9.04. The van der Waals surface area contributed by atoms with E-state index in [2.05, 4.69) is 20.1 Å². The number of benzene rings is 1. The number of rotatable bonds is 8. The lowest BCUT2D eigenvalue weighted by Gasteiger charge is -2.36. The number of aliphatic imine (C=N–C) groups is 1. The van der Waals surface area contributed by atoms with E-state index in [1.165, 1.54) is 11.9 Å². The number of halogens is 3. The monoisotopic (exact) mass is 431 g/mol. The van der Waals surface area contributed by atoms with Gasteiger partial charge in [-0.25, -0.2) is 0 Å². The fraction of sp³-hybridized carbons (Fsp3) is 0.650. The van der Waals surface area contributed by atoms with Crippen molar-refractivity contribution in [2.45, 2.75) is 12.7 Å². The van der Waals surface area contributed by atoms with Gasteiger partial charge in [-0.05, 0) is 24.7 Å². The summed E-state index contributed by atoms with van der Waals surface area (Å²) in [7, 11) is 6.40. The van der Waals surface area contributed by atoms with Crippen LogP contribution in [0.2, 0.25) is 0 Å². The summed E-state index contributed by atoms with van der Waals surface area (Å²) < 4.78 is 47.9. The molecule has 10 heteroatoms. The van der Waals surface area contributed by atoms with E-state index in [4.69, 9.17) is 9.47 Å². The van der Waals surface area contributed by atoms with Crippen molar-refractivity contribution >= 4 is 5.96 Å². The molecule has 1 aromatic carbocycles. The van der Waals surface area contributed by atoms with Crippen LogP contribution < -0.4 is 14.8 Å². The lowest BCUT2D eigenvalue weighted by molar-refractivity contribution is -0.142. The van der Waals surface area contributed by atoms with Gasteiger partial charge in [0.05, 0.1) is 20.8 Å². The highest BCUT2D eigenvalue weighted by atomic mass is 19.4. The van der Waals surface area contributed by atoms with Crippen molar-refractivity contribution in [3.63, 3.8) is 0 Å². The average molecular weight is 432 g/mol. The van der Waals surface area contributed by atoms with Crippen LogP contribution in [0.1, 0.15) is 5.56 Å². The highest BCUT2D eigenvalue weighted by Gasteiger charge is 2.29. The number of methoxy groups -OCH3 is 2. The number of piperazine rings is 1. The third-order valence-corrected chi connectivity index (χ3v) is 4.96. The zero-order valence-corrected chi connectivity index (χ0v) is 18.1. The predicted octanol–water partition coefficient (Wildman–Crippen LogP) is 1.89. The van der Waals surface area contributed by atoms with E-state index in [0.717, 1.165) is 44.2 Å². The quantitative estimate of drug-likeness (QED) is 0.501. The normalized spacial score (nSPS) is 16.1. The molecule has 1 fully saturated rings. The van der Waals surface area contributed by atoms with Crippen molar-refractivity contribution in [2.75, 3.05) is 74.1 Å². The molecule has 0 unspecified atom stereocenters. The molecule has 1 heterocycles. The molecule has 1 aromatic rings. The Labute approximate surface area is 176 Å². The molecule has 7 nitrogen and oxygen atoms in total. The van der Waals surface area contributed by atoms with Crippen LogP contribution in [0.3, 0.4) is 0 Å². The summed E-state index contributed by atoms with van der Waals surface area (Å²) in [4.78, 5) is 10.0. The van der Waals surface area contributed by atoms with Crippen LogP contribution in [0.4, 0.5) is 13.2 Å². The van der Waals surface area contributed by atoms with Crippen LogP contribution in [-0.2, 0) is 6.54 Å². The summed E-state index contributed by atoms with van der Waals surface area (Å²) in [6.07, 6.45) is -4.18. The van der Waals surface area contributed by atoms with E-state index in [-0.39, 0.29) is 6.54 Å². The first-order chi connectivity index (χ1) is 14.3. The minimum absolute atomic E-state index is 0.289. The standard InChI is InChI=1S/C20H32F3N5O2/c1-24-19(25-7-8-26(2)15-20(21,22)23)28-11-9-27(10-12-28)14-16-5-6-17(29-3)18(13-16)30-4/h5-6,13H,7-12,14-15H2,1-4H3,(H,24,25). The van der Waals surface area contributed by atoms with Crippen molar-refractivity contribution in [3.8, 4) is 11.5 Å². The first-order valence-electron chi connectivity index (χ1n) is 9.90. The minimum Gasteiger partial charge on any atom is -0.493 e. The molecule has 2 rings (SSSR count). The number of hydrogen-bond acceptors (Lipinski definition) is 5. The summed E-state index contributed by atoms with van der Waals surface area (Å²) in [6.45, 7) is 3.91. The van der Waals surface area contributed by atoms with Gasteiger partial charge < -0.3 is 19.7 Å². The number of guanidine groups is 1. The molecule has 0 atom stereocenters. The van der Waals surface area contributed by atoms with Gasteiger partial charge in [-0.1, -0.05) is 6.07 Å². The lowest BCUT2D eigenvalue weighted by Crippen LogP contribution is -2.53. The fourth-order valence-electron chi connectivity index (χ4n) is 3.43. The average Bonchev–Trinajstić information content (AvgIpc) is 2.70. The van der Waals surface area contributed by atoms with Crippen LogP contribution in [-0.4, -0.2) is 101 Å². The Hall–Kier alpha value is -2.20. The maximum Gasteiger partial charge on any atom is 0.401 e. The summed E-state index contributed by atoms with van der Waals surface area (Å²) in [6, 6.07) is 5.93. The number of nitrogens with zero attached hydrogens (tertiary/aromatic N) is 4. The minimum atomic E-state index is -4.18. The molecule has 0 aliphatic carbocycles. The predicted molar refractivity (Wildman–Crippen MR) is 111 cm³/mol. The van der Waals surface area contributed by atoms with Crippen molar-refractivity contribution in [1.29, 1.82) is 0 Å². The molecule has 30 heavy (non-hydrogen) atoms. The van der Waals surface area contributed by atoms with Gasteiger partial charge in [0, 0.05) is 52.9 Å². The van der Waals surface area contributed by atoms with E-state index >= 15 is 0 Å². The Morgan fingerprint density at radius 3 is 2.37 bits per heavy atom. The van der Waals surface area contributed by atoms with Crippen molar-refractivity contribution in [2.24, 2.45) is 4.99 Å². The molecular formula is C20H32F3N5O2. The van der Waals surface area contributed by atoms with E-state index < -0.39 is 12.7 Å². The van der Waals surface area contributed by atoms with Crippen molar-refractivity contribution in [1.82, 2.24) is 20.0 Å². The van der Waals surface area contributed by atoms with Crippen LogP contribution in [0, 0.1) is 0 Å². The second-order valence-corrected chi connectivity index (χ2v) is 7.28. The van der Waals surface area contributed by atoms with E-state index in [0.29, 0.717) is 18.0 Å². The molecule has 0 radical (unpaired) electrons. The van der Waals surface area contributed by atoms with Gasteiger partial charge in [-0.15, -0.1) is 0 Å². The molecule has 0 bridgehead atoms. The highest BCUT2D eigenvalue weighted by Crippen LogP contribution is 2.28. The fourth-order valence-corrected chi connectivity index (χ4v) is 3.43. The summed E-state index contributed by atoms with van der Waals surface area (Å²) in [5.41, 5.74) is 1.15. The van der Waals surface area contributed by atoms with Gasteiger partial charge in [0.2, 0.25) is 0 Å². The van der Waals surface area contributed by atoms with Crippen LogP contribution in [0.5, 0.6) is 11.5 Å². The molecule has 1 N–H and O–H groups in total. The highest BCUT2D eigenvalue weighted by molar-refractivity contribution is 5.80.